The number of aliphatic carboxylic acids is 7. The monoisotopic (exact) mass is 1370 g/mol. The molecule has 1 fully saturated rings. The SMILES string of the molecule is CC[C@H](C)[C@H](NC(=O)[C@H](CCSC)NC(=O)Nc1ccc(CNC(=O)CN2CCN(CC(=O)O)CCN(CC(=O)O)CCN(CC(=O)O)CC2)cc1)C(=O)NCCN1C(=O)C=CC1=O.O=C(O)C(F)(F)F.O=C(O)C(F)(F)F.O=C(O)C(F)(F)F.O=C(O)C(F)(F)F. The molecule has 2 aliphatic heterocycles. The number of hydrogen-bond acceptors (Lipinski definition) is 18. The number of imide groups is 1. The molecule has 0 aliphatic carbocycles. The van der Waals surface area contributed by atoms with Crippen molar-refractivity contribution < 1.29 is 151 Å². The third-order valence-corrected chi connectivity index (χ3v) is 12.2. The van der Waals surface area contributed by atoms with Crippen LogP contribution in [0.25, 0.3) is 0 Å². The summed E-state index contributed by atoms with van der Waals surface area (Å²) in [6.45, 7) is 5.05. The van der Waals surface area contributed by atoms with Gasteiger partial charge in [-0.25, -0.2) is 24.0 Å². The average molecular weight is 1380 g/mol. The molecule has 0 saturated carbocycles. The van der Waals surface area contributed by atoms with Crippen molar-refractivity contribution in [2.24, 2.45) is 5.92 Å². The summed E-state index contributed by atoms with van der Waals surface area (Å²) in [7, 11) is 0. The van der Waals surface area contributed by atoms with Crippen molar-refractivity contribution in [2.45, 2.75) is 70.0 Å². The van der Waals surface area contributed by atoms with Gasteiger partial charge in [0.25, 0.3) is 11.8 Å². The Hall–Kier alpha value is -8.58. The number of carbonyl (C=O) groups excluding carboxylic acids is 6. The first kappa shape index (κ1) is 85.5. The highest BCUT2D eigenvalue weighted by molar-refractivity contribution is 7.98. The fourth-order valence-corrected chi connectivity index (χ4v) is 7.26. The van der Waals surface area contributed by atoms with E-state index in [0.29, 0.717) is 36.5 Å². The van der Waals surface area contributed by atoms with E-state index in [1.165, 1.54) is 11.8 Å². The summed E-state index contributed by atoms with van der Waals surface area (Å²) in [5, 5.41) is 70.5. The number of rotatable bonds is 23. The molecule has 0 spiro atoms. The molecule has 3 atom stereocenters. The quantitative estimate of drug-likeness (QED) is 0.0540. The van der Waals surface area contributed by atoms with Gasteiger partial charge in [-0.3, -0.25) is 62.9 Å². The summed E-state index contributed by atoms with van der Waals surface area (Å²) in [4.78, 5) is 155. The number of urea groups is 1. The molecule has 2 aliphatic rings. The second-order valence-corrected chi connectivity index (χ2v) is 19.7. The lowest BCUT2D eigenvalue weighted by Gasteiger charge is -2.32. The first-order valence-electron chi connectivity index (χ1n) is 26.0. The zero-order valence-corrected chi connectivity index (χ0v) is 49.4. The van der Waals surface area contributed by atoms with Crippen LogP contribution in [0.1, 0.15) is 32.3 Å². The zero-order chi connectivity index (χ0) is 71.5. The Kier molecular flexibility index (Phi) is 38.8. The van der Waals surface area contributed by atoms with E-state index in [1.807, 2.05) is 18.1 Å². The molecule has 1 saturated heterocycles. The van der Waals surface area contributed by atoms with Crippen LogP contribution in [0.4, 0.5) is 63.2 Å². The van der Waals surface area contributed by atoms with E-state index in [1.54, 1.807) is 45.9 Å². The number of carbonyl (C=O) groups is 13. The molecule has 1 aromatic rings. The van der Waals surface area contributed by atoms with E-state index in [4.69, 9.17) is 39.6 Å². The standard InChI is InChI=1S/C41H62N10O12S.4C2HF3O2/c1-4-28(2)38(40(62)42-12-13-51-33(53)9-10-34(51)54)46-39(61)31(11-22-64-3)45-41(63)44-30-7-5-29(6-8-30)23-43-32(52)24-47-14-16-48(25-35(55)56)18-20-50(27-37(59)60)21-19-49(17-15-47)26-36(57)58;4*3-2(4,5)1(6)7/h5-10,28,31,38H,4,11-27H2,1-3H3,(H,42,62)(H,43,52)(H,46,61)(H,55,56)(H,57,58)(H,59,60)(H2,44,45,63);4*(H,6,7)/t28-,31-,38-;;;;/m0..../s1. The molecule has 1 aromatic carbocycles. The van der Waals surface area contributed by atoms with E-state index >= 15 is 0 Å². The maximum Gasteiger partial charge on any atom is 0.490 e. The first-order chi connectivity index (χ1) is 42.2. The van der Waals surface area contributed by atoms with Gasteiger partial charge < -0.3 is 62.3 Å². The van der Waals surface area contributed by atoms with Gasteiger partial charge in [0.1, 0.15) is 12.1 Å². The van der Waals surface area contributed by atoms with Gasteiger partial charge in [-0.2, -0.15) is 64.4 Å². The minimum absolute atomic E-state index is 0.00565. The van der Waals surface area contributed by atoms with E-state index in [2.05, 4.69) is 26.6 Å². The van der Waals surface area contributed by atoms with Gasteiger partial charge in [-0.05, 0) is 42.0 Å². The summed E-state index contributed by atoms with van der Waals surface area (Å²) >= 11 is 1.48. The van der Waals surface area contributed by atoms with Crippen LogP contribution in [0.15, 0.2) is 36.4 Å². The van der Waals surface area contributed by atoms with Crippen molar-refractivity contribution >= 4 is 94.8 Å². The topological polar surface area (TPSA) is 440 Å². The van der Waals surface area contributed by atoms with Crippen molar-refractivity contribution in [3.63, 3.8) is 0 Å². The smallest absolute Gasteiger partial charge is 0.480 e. The number of hydrogen-bond donors (Lipinski definition) is 12. The Labute approximate surface area is 517 Å². The molecule has 43 heteroatoms. The fraction of sp³-hybridized carbons (Fsp3) is 0.571. The molecule has 92 heavy (non-hydrogen) atoms. The lowest BCUT2D eigenvalue weighted by Crippen LogP contribution is -2.56. The van der Waals surface area contributed by atoms with Crippen LogP contribution >= 0.6 is 11.8 Å². The summed E-state index contributed by atoms with van der Waals surface area (Å²) in [5.74, 6) is -16.2. The van der Waals surface area contributed by atoms with Crippen molar-refractivity contribution in [2.75, 3.05) is 109 Å². The minimum atomic E-state index is -5.08. The van der Waals surface area contributed by atoms with Crippen LogP contribution < -0.4 is 26.6 Å². The van der Waals surface area contributed by atoms with E-state index in [0.717, 1.165) is 17.1 Å². The molecule has 2 heterocycles. The number of thioether (sulfide) groups is 1. The van der Waals surface area contributed by atoms with Crippen LogP contribution in [0.2, 0.25) is 0 Å². The number of carboxylic acid groups (broad SMARTS) is 7. The predicted octanol–water partition coefficient (Wildman–Crippen LogP) is 1.13. The van der Waals surface area contributed by atoms with Crippen molar-refractivity contribution in [1.82, 2.24) is 45.8 Å². The largest absolute Gasteiger partial charge is 0.490 e. The average Bonchev–Trinajstić information content (AvgIpc) is 1.73. The van der Waals surface area contributed by atoms with Gasteiger partial charge >= 0.3 is 72.5 Å². The Balaban J connectivity index is 0. The lowest BCUT2D eigenvalue weighted by molar-refractivity contribution is -0.193. The van der Waals surface area contributed by atoms with E-state index in [9.17, 15) is 111 Å². The summed E-state index contributed by atoms with van der Waals surface area (Å²) in [6, 6.07) is 4.06. The number of alkyl halides is 12. The molecule has 522 valence electrons. The number of nitrogens with one attached hydrogen (secondary N) is 5. The van der Waals surface area contributed by atoms with Gasteiger partial charge in [-0.15, -0.1) is 0 Å². The normalized spacial score (nSPS) is 15.5. The first-order valence-corrected chi connectivity index (χ1v) is 27.4. The number of carboxylic acids is 7. The van der Waals surface area contributed by atoms with Crippen molar-refractivity contribution in [3.05, 3.63) is 42.0 Å². The molecule has 0 bridgehead atoms. The van der Waals surface area contributed by atoms with Gasteiger partial charge in [0.2, 0.25) is 17.7 Å². The van der Waals surface area contributed by atoms with Crippen LogP contribution in [-0.2, 0) is 64.1 Å². The number of anilines is 1. The molecule has 30 nitrogen and oxygen atoms in total. The van der Waals surface area contributed by atoms with Crippen molar-refractivity contribution in [1.29, 1.82) is 0 Å². The van der Waals surface area contributed by atoms with Crippen LogP contribution in [0, 0.1) is 5.92 Å². The number of halogens is 12. The van der Waals surface area contributed by atoms with Gasteiger partial charge in [0.05, 0.1) is 26.2 Å². The molecule has 0 radical (unpaired) electrons. The predicted molar refractivity (Wildman–Crippen MR) is 291 cm³/mol. The molecule has 0 unspecified atom stereocenters. The van der Waals surface area contributed by atoms with E-state index in [-0.39, 0.29) is 103 Å². The molecule has 3 rings (SSSR count). The Bertz CT molecular complexity index is 2530. The van der Waals surface area contributed by atoms with E-state index < -0.39 is 108 Å². The van der Waals surface area contributed by atoms with Gasteiger partial charge in [0.15, 0.2) is 0 Å². The highest BCUT2D eigenvalue weighted by Gasteiger charge is 2.40. The summed E-state index contributed by atoms with van der Waals surface area (Å²) < 4.78 is 127. The van der Waals surface area contributed by atoms with Crippen LogP contribution in [0.5, 0.6) is 0 Å². The maximum absolute atomic E-state index is 13.5. The Morgan fingerprint density at radius 1 is 0.533 bits per heavy atom. The maximum atomic E-state index is 13.5. The summed E-state index contributed by atoms with van der Waals surface area (Å²) in [6.07, 6.45) is -15.3. The second kappa shape index (κ2) is 41.7. The number of amides is 7. The highest BCUT2D eigenvalue weighted by atomic mass is 32.2. The number of nitrogens with zero attached hydrogens (tertiary/aromatic N) is 5. The Morgan fingerprint density at radius 2 is 0.880 bits per heavy atom. The molecule has 12 N–H and O–H groups in total. The zero-order valence-electron chi connectivity index (χ0n) is 48.5. The fourth-order valence-electron chi connectivity index (χ4n) is 6.79. The third-order valence-electron chi connectivity index (χ3n) is 11.6. The lowest BCUT2D eigenvalue weighted by atomic mass is 9.97. The summed E-state index contributed by atoms with van der Waals surface area (Å²) in [5.41, 5.74) is 1.11. The van der Waals surface area contributed by atoms with Gasteiger partial charge in [-0.1, -0.05) is 32.4 Å². The minimum Gasteiger partial charge on any atom is -0.480 e. The molecule has 0 aromatic heterocycles. The molecular weight excluding hydrogens is 1310 g/mol. The second-order valence-electron chi connectivity index (χ2n) is 18.7. The highest BCUT2D eigenvalue weighted by Crippen LogP contribution is 2.17. The van der Waals surface area contributed by atoms with Crippen LogP contribution in [-0.4, -0.2) is 278 Å². The number of benzene rings is 1. The Morgan fingerprint density at radius 3 is 1.20 bits per heavy atom. The molecule has 7 amide bonds. The molecular formula is C49H66F12N10O20S. The third kappa shape index (κ3) is 39.5. The van der Waals surface area contributed by atoms with Gasteiger partial charge in [0, 0.05) is 89.8 Å². The van der Waals surface area contributed by atoms with Crippen LogP contribution in [0.3, 0.4) is 0 Å². The van der Waals surface area contributed by atoms with Crippen molar-refractivity contribution in [3.8, 4) is 0 Å².